The number of anilines is 1. The summed E-state index contributed by atoms with van der Waals surface area (Å²) in [5.74, 6) is 1.48. The summed E-state index contributed by atoms with van der Waals surface area (Å²) in [5, 5.41) is 3.02. The first-order valence-corrected chi connectivity index (χ1v) is 8.81. The maximum Gasteiger partial charge on any atom is 0.231 e. The molecule has 1 aromatic rings. The largest absolute Gasteiger partial charge is 0.495 e. The molecule has 2 fully saturated rings. The van der Waals surface area contributed by atoms with E-state index in [1.165, 1.54) is 0 Å². The number of methoxy groups -OCH3 is 1. The second-order valence-corrected chi connectivity index (χ2v) is 6.71. The average Bonchev–Trinajstić information content (AvgIpc) is 2.55. The number of nitrogens with zero attached hydrogens (tertiary/aromatic N) is 2. The van der Waals surface area contributed by atoms with Crippen molar-refractivity contribution >= 4 is 11.7 Å². The predicted octanol–water partition coefficient (Wildman–Crippen LogP) is 2.44. The maximum atomic E-state index is 12.6. The SMILES string of the molecule is CCC1(C(=O)Nc2cc(CN3CCOCC3)c(OC)cn2)CCC1. The van der Waals surface area contributed by atoms with Crippen LogP contribution in [0.25, 0.3) is 0 Å². The normalized spacial score (nSPS) is 20.2. The van der Waals surface area contributed by atoms with Gasteiger partial charge in [-0.3, -0.25) is 9.69 Å². The molecule has 1 saturated heterocycles. The molecular weight excluding hydrogens is 306 g/mol. The van der Waals surface area contributed by atoms with Gasteiger partial charge in [0.05, 0.1) is 26.5 Å². The van der Waals surface area contributed by atoms with E-state index in [2.05, 4.69) is 22.1 Å². The Bertz CT molecular complexity index is 575. The molecule has 24 heavy (non-hydrogen) atoms. The molecule has 0 spiro atoms. The number of nitrogens with one attached hydrogen (secondary N) is 1. The Morgan fingerprint density at radius 1 is 1.42 bits per heavy atom. The summed E-state index contributed by atoms with van der Waals surface area (Å²) in [4.78, 5) is 19.3. The van der Waals surface area contributed by atoms with Crippen LogP contribution in [0.15, 0.2) is 12.3 Å². The average molecular weight is 333 g/mol. The van der Waals surface area contributed by atoms with E-state index >= 15 is 0 Å². The molecule has 2 heterocycles. The first kappa shape index (κ1) is 17.2. The third kappa shape index (κ3) is 3.54. The molecule has 3 rings (SSSR count). The first-order chi connectivity index (χ1) is 11.7. The van der Waals surface area contributed by atoms with Crippen LogP contribution in [0.3, 0.4) is 0 Å². The summed E-state index contributed by atoms with van der Waals surface area (Å²) < 4.78 is 10.8. The molecule has 0 bridgehead atoms. The van der Waals surface area contributed by atoms with E-state index in [1.54, 1.807) is 13.3 Å². The molecule has 0 radical (unpaired) electrons. The smallest absolute Gasteiger partial charge is 0.231 e. The fourth-order valence-electron chi connectivity index (χ4n) is 3.45. The van der Waals surface area contributed by atoms with Gasteiger partial charge in [0.1, 0.15) is 11.6 Å². The Labute approximate surface area is 143 Å². The van der Waals surface area contributed by atoms with E-state index in [9.17, 15) is 4.79 Å². The van der Waals surface area contributed by atoms with Crippen LogP contribution in [0.2, 0.25) is 0 Å². The van der Waals surface area contributed by atoms with Gasteiger partial charge in [-0.1, -0.05) is 13.3 Å². The highest BCUT2D eigenvalue weighted by molar-refractivity contribution is 5.95. The quantitative estimate of drug-likeness (QED) is 0.866. The van der Waals surface area contributed by atoms with Crippen molar-refractivity contribution in [3.63, 3.8) is 0 Å². The van der Waals surface area contributed by atoms with Gasteiger partial charge < -0.3 is 14.8 Å². The Kier molecular flexibility index (Phi) is 5.36. The van der Waals surface area contributed by atoms with Crippen LogP contribution in [-0.2, 0) is 16.1 Å². The highest BCUT2D eigenvalue weighted by Gasteiger charge is 2.42. The zero-order valence-electron chi connectivity index (χ0n) is 14.6. The van der Waals surface area contributed by atoms with Gasteiger partial charge in [-0.15, -0.1) is 0 Å². The lowest BCUT2D eigenvalue weighted by Gasteiger charge is -2.39. The van der Waals surface area contributed by atoms with Gasteiger partial charge in [-0.25, -0.2) is 4.98 Å². The van der Waals surface area contributed by atoms with Crippen molar-refractivity contribution in [2.24, 2.45) is 5.41 Å². The number of hydrogen-bond donors (Lipinski definition) is 1. The number of hydrogen-bond acceptors (Lipinski definition) is 5. The fraction of sp³-hybridized carbons (Fsp3) is 0.667. The number of amides is 1. The summed E-state index contributed by atoms with van der Waals surface area (Å²) in [6, 6.07) is 1.94. The van der Waals surface area contributed by atoms with Crippen molar-refractivity contribution < 1.29 is 14.3 Å². The number of rotatable bonds is 6. The lowest BCUT2D eigenvalue weighted by Crippen LogP contribution is -2.41. The van der Waals surface area contributed by atoms with Crippen LogP contribution in [0.1, 0.15) is 38.2 Å². The Morgan fingerprint density at radius 2 is 2.17 bits per heavy atom. The van der Waals surface area contributed by atoms with Crippen LogP contribution in [0.4, 0.5) is 5.82 Å². The highest BCUT2D eigenvalue weighted by Crippen LogP contribution is 2.44. The summed E-state index contributed by atoms with van der Waals surface area (Å²) in [6.45, 7) is 6.20. The van der Waals surface area contributed by atoms with Crippen molar-refractivity contribution in [2.75, 3.05) is 38.7 Å². The van der Waals surface area contributed by atoms with E-state index in [0.29, 0.717) is 5.82 Å². The van der Waals surface area contributed by atoms with Crippen LogP contribution >= 0.6 is 0 Å². The summed E-state index contributed by atoms with van der Waals surface area (Å²) >= 11 is 0. The van der Waals surface area contributed by atoms with E-state index < -0.39 is 0 Å². The van der Waals surface area contributed by atoms with E-state index in [0.717, 1.165) is 69.8 Å². The van der Waals surface area contributed by atoms with Gasteiger partial charge in [-0.05, 0) is 25.3 Å². The van der Waals surface area contributed by atoms with Crippen LogP contribution in [0, 0.1) is 5.41 Å². The molecule has 6 nitrogen and oxygen atoms in total. The van der Waals surface area contributed by atoms with Crippen molar-refractivity contribution in [1.29, 1.82) is 0 Å². The molecule has 0 atom stereocenters. The minimum atomic E-state index is -0.189. The molecule has 0 unspecified atom stereocenters. The Morgan fingerprint density at radius 3 is 2.75 bits per heavy atom. The van der Waals surface area contributed by atoms with Gasteiger partial charge in [0.25, 0.3) is 0 Å². The molecule has 132 valence electrons. The predicted molar refractivity (Wildman–Crippen MR) is 92.1 cm³/mol. The molecule has 6 heteroatoms. The van der Waals surface area contributed by atoms with Gasteiger partial charge >= 0.3 is 0 Å². The van der Waals surface area contributed by atoms with E-state index in [4.69, 9.17) is 9.47 Å². The van der Waals surface area contributed by atoms with E-state index in [-0.39, 0.29) is 11.3 Å². The van der Waals surface area contributed by atoms with E-state index in [1.807, 2.05) is 6.07 Å². The number of pyridine rings is 1. The minimum absolute atomic E-state index is 0.103. The van der Waals surface area contributed by atoms with Crippen LogP contribution in [-0.4, -0.2) is 49.2 Å². The topological polar surface area (TPSA) is 63.7 Å². The summed E-state index contributed by atoms with van der Waals surface area (Å²) in [5.41, 5.74) is 0.857. The van der Waals surface area contributed by atoms with Crippen LogP contribution < -0.4 is 10.1 Å². The molecule has 1 aliphatic heterocycles. The molecule has 1 N–H and O–H groups in total. The lowest BCUT2D eigenvalue weighted by atomic mass is 9.66. The second-order valence-electron chi connectivity index (χ2n) is 6.71. The molecule has 2 aliphatic rings. The Hall–Kier alpha value is -1.66. The first-order valence-electron chi connectivity index (χ1n) is 8.81. The summed E-state index contributed by atoms with van der Waals surface area (Å²) in [6.07, 6.45) is 5.68. The monoisotopic (exact) mass is 333 g/mol. The fourth-order valence-corrected chi connectivity index (χ4v) is 3.45. The lowest BCUT2D eigenvalue weighted by molar-refractivity contribution is -0.130. The number of morpholine rings is 1. The van der Waals surface area contributed by atoms with Crippen molar-refractivity contribution in [3.8, 4) is 5.75 Å². The molecular formula is C18H27N3O3. The number of aromatic nitrogens is 1. The number of carbonyl (C=O) groups excluding carboxylic acids is 1. The molecule has 1 saturated carbocycles. The second kappa shape index (κ2) is 7.49. The van der Waals surface area contributed by atoms with Gasteiger partial charge in [0.15, 0.2) is 0 Å². The van der Waals surface area contributed by atoms with Gasteiger partial charge in [-0.2, -0.15) is 0 Å². The molecule has 1 aliphatic carbocycles. The Balaban J connectivity index is 1.72. The zero-order chi connectivity index (χ0) is 17.0. The highest BCUT2D eigenvalue weighted by atomic mass is 16.5. The third-order valence-electron chi connectivity index (χ3n) is 5.38. The number of ether oxygens (including phenoxy) is 2. The van der Waals surface area contributed by atoms with Crippen LogP contribution in [0.5, 0.6) is 5.75 Å². The summed E-state index contributed by atoms with van der Waals surface area (Å²) in [7, 11) is 1.65. The van der Waals surface area contributed by atoms with Crippen molar-refractivity contribution in [3.05, 3.63) is 17.8 Å². The zero-order valence-corrected chi connectivity index (χ0v) is 14.6. The van der Waals surface area contributed by atoms with Gasteiger partial charge in [0, 0.05) is 30.6 Å². The molecule has 1 aromatic heterocycles. The third-order valence-corrected chi connectivity index (χ3v) is 5.38. The standard InChI is InChI=1S/C18H27N3O3/c1-3-18(5-4-6-18)17(22)20-16-11-14(15(23-2)12-19-16)13-21-7-9-24-10-8-21/h11-12H,3-10,13H2,1-2H3,(H,19,20,22). The van der Waals surface area contributed by atoms with Crippen molar-refractivity contribution in [1.82, 2.24) is 9.88 Å². The molecule has 0 aromatic carbocycles. The van der Waals surface area contributed by atoms with Gasteiger partial charge in [0.2, 0.25) is 5.91 Å². The minimum Gasteiger partial charge on any atom is -0.495 e. The van der Waals surface area contributed by atoms with Crippen molar-refractivity contribution in [2.45, 2.75) is 39.2 Å². The number of carbonyl (C=O) groups is 1. The molecule has 1 amide bonds. The maximum absolute atomic E-state index is 12.6.